The number of amides is 2. The third kappa shape index (κ3) is 6.59. The number of carbonyl (C=O) groups excluding carboxylic acids is 2. The summed E-state index contributed by atoms with van der Waals surface area (Å²) in [5, 5.41) is 64.4. The Balaban J connectivity index is 2.44. The van der Waals surface area contributed by atoms with Gasteiger partial charge in [0.05, 0.1) is 13.2 Å². The number of rotatable bonds is 9. The van der Waals surface area contributed by atoms with Gasteiger partial charge >= 0.3 is 5.97 Å². The van der Waals surface area contributed by atoms with Gasteiger partial charge in [0.1, 0.15) is 48.7 Å². The molecule has 0 spiro atoms. The van der Waals surface area contributed by atoms with Crippen LogP contribution in [0.15, 0.2) is 0 Å². The molecule has 0 aromatic heterocycles. The minimum atomic E-state index is -1.72. The van der Waals surface area contributed by atoms with E-state index in [1.165, 1.54) is 6.92 Å². The fourth-order valence-electron chi connectivity index (χ4n) is 3.82. The minimum Gasteiger partial charge on any atom is -0.479 e. The van der Waals surface area contributed by atoms with Crippen LogP contribution in [-0.4, -0.2) is 129 Å². The average molecular weight is 496 g/mol. The number of aliphatic hydroxyl groups is 5. The molecule has 0 aromatic rings. The number of carbonyl (C=O) groups is 3. The molecular formula is C19H32N2O13. The van der Waals surface area contributed by atoms with Gasteiger partial charge in [-0.3, -0.25) is 9.59 Å². The lowest BCUT2D eigenvalue weighted by Crippen LogP contribution is -2.69. The number of nitrogens with one attached hydrogen (secondary N) is 2. The smallest absolute Gasteiger partial charge is 0.332 e. The highest BCUT2D eigenvalue weighted by atomic mass is 16.7. The molecule has 0 bridgehead atoms. The van der Waals surface area contributed by atoms with Crippen molar-refractivity contribution >= 4 is 17.8 Å². The molecule has 0 aliphatic carbocycles. The Hall–Kier alpha value is -1.95. The van der Waals surface area contributed by atoms with E-state index in [1.54, 1.807) is 0 Å². The predicted molar refractivity (Wildman–Crippen MR) is 108 cm³/mol. The standard InChI is InChI=1S/C19H32N2O13/c1-6(17(28)29)31-16-12(21-8(3)25)18(30)32-10(5-23)15(16)34-19-11(20-7(2)24)14(27)13(26)9(4-22)33-19/h6,9-16,18-19,22-23,26-27,30H,4-5H2,1-3H3,(H,20,24)(H,21,25)(H,28,29)/t6-,9-,10-,11-,12-,13-,14-,15-,16-,18+,19-/m1/s1. The van der Waals surface area contributed by atoms with Crippen molar-refractivity contribution in [2.24, 2.45) is 0 Å². The Labute approximate surface area is 194 Å². The van der Waals surface area contributed by atoms with Gasteiger partial charge in [-0.15, -0.1) is 0 Å². The molecule has 0 aromatic carbocycles. The van der Waals surface area contributed by atoms with Crippen molar-refractivity contribution in [1.82, 2.24) is 10.6 Å². The third-order valence-corrected chi connectivity index (χ3v) is 5.47. The molecular weight excluding hydrogens is 464 g/mol. The molecule has 2 heterocycles. The maximum Gasteiger partial charge on any atom is 0.332 e. The number of ether oxygens (including phenoxy) is 4. The van der Waals surface area contributed by atoms with Gasteiger partial charge < -0.3 is 60.2 Å². The van der Waals surface area contributed by atoms with Crippen LogP contribution in [0.25, 0.3) is 0 Å². The molecule has 0 unspecified atom stereocenters. The lowest BCUT2D eigenvalue weighted by Gasteiger charge is -2.48. The Kier molecular flexibility index (Phi) is 10.1. The van der Waals surface area contributed by atoms with Gasteiger partial charge in [-0.05, 0) is 6.92 Å². The van der Waals surface area contributed by atoms with Gasteiger partial charge in [-0.1, -0.05) is 0 Å². The van der Waals surface area contributed by atoms with Crippen LogP contribution in [0.1, 0.15) is 20.8 Å². The second kappa shape index (κ2) is 12.1. The van der Waals surface area contributed by atoms with Gasteiger partial charge in [0, 0.05) is 13.8 Å². The highest BCUT2D eigenvalue weighted by molar-refractivity contribution is 5.74. The molecule has 2 fully saturated rings. The van der Waals surface area contributed by atoms with E-state index in [4.69, 9.17) is 18.9 Å². The maximum atomic E-state index is 11.7. The van der Waals surface area contributed by atoms with Gasteiger partial charge in [0.2, 0.25) is 11.8 Å². The van der Waals surface area contributed by atoms with Crippen molar-refractivity contribution in [3.63, 3.8) is 0 Å². The SMILES string of the molecule is CC(=O)N[C@@H]1[C@@H](O[C@H](C)C(=O)O)[C@H](O[C@H]2O[C@H](CO)[C@@H](O)[C@H](O)[C@H]2NC(C)=O)[C@@H](CO)O[C@@H]1O. The van der Waals surface area contributed by atoms with Crippen molar-refractivity contribution in [3.05, 3.63) is 0 Å². The van der Waals surface area contributed by atoms with Crippen molar-refractivity contribution in [1.29, 1.82) is 0 Å². The van der Waals surface area contributed by atoms with Gasteiger partial charge in [0.15, 0.2) is 18.7 Å². The van der Waals surface area contributed by atoms with Gasteiger partial charge in [0.25, 0.3) is 0 Å². The zero-order chi connectivity index (χ0) is 25.7. The van der Waals surface area contributed by atoms with E-state index in [0.29, 0.717) is 0 Å². The summed E-state index contributed by atoms with van der Waals surface area (Å²) in [6.45, 7) is 2.00. The highest BCUT2D eigenvalue weighted by Gasteiger charge is 2.52. The Morgan fingerprint density at radius 2 is 1.44 bits per heavy atom. The largest absolute Gasteiger partial charge is 0.479 e. The van der Waals surface area contributed by atoms with E-state index in [9.17, 15) is 45.0 Å². The van der Waals surface area contributed by atoms with Crippen LogP contribution < -0.4 is 10.6 Å². The first-order valence-corrected chi connectivity index (χ1v) is 10.6. The summed E-state index contributed by atoms with van der Waals surface area (Å²) in [6, 6.07) is -2.71. The first kappa shape index (κ1) is 28.3. The molecule has 8 N–H and O–H groups in total. The van der Waals surface area contributed by atoms with E-state index in [1.807, 2.05) is 0 Å². The molecule has 34 heavy (non-hydrogen) atoms. The first-order chi connectivity index (χ1) is 15.9. The van der Waals surface area contributed by atoms with E-state index in [2.05, 4.69) is 10.6 Å². The van der Waals surface area contributed by atoms with E-state index >= 15 is 0 Å². The Morgan fingerprint density at radius 3 is 1.94 bits per heavy atom. The van der Waals surface area contributed by atoms with Crippen molar-refractivity contribution in [3.8, 4) is 0 Å². The average Bonchev–Trinajstić information content (AvgIpc) is 2.76. The van der Waals surface area contributed by atoms with Crippen LogP contribution in [0.4, 0.5) is 0 Å². The summed E-state index contributed by atoms with van der Waals surface area (Å²) >= 11 is 0. The summed E-state index contributed by atoms with van der Waals surface area (Å²) < 4.78 is 22.3. The number of hydrogen-bond donors (Lipinski definition) is 8. The summed E-state index contributed by atoms with van der Waals surface area (Å²) in [5.41, 5.74) is 0. The molecule has 15 nitrogen and oxygen atoms in total. The van der Waals surface area contributed by atoms with Crippen LogP contribution in [0, 0.1) is 0 Å². The molecule has 196 valence electrons. The summed E-state index contributed by atoms with van der Waals surface area (Å²) in [5.74, 6) is -2.60. The van der Waals surface area contributed by atoms with Crippen molar-refractivity contribution in [2.45, 2.75) is 88.2 Å². The number of hydrogen-bond acceptors (Lipinski definition) is 12. The number of aliphatic hydroxyl groups excluding tert-OH is 5. The summed E-state index contributed by atoms with van der Waals surface area (Å²) in [4.78, 5) is 34.8. The number of aliphatic carboxylic acids is 1. The van der Waals surface area contributed by atoms with Crippen LogP contribution >= 0.6 is 0 Å². The van der Waals surface area contributed by atoms with Crippen LogP contribution in [0.3, 0.4) is 0 Å². The number of carboxylic acids is 1. The van der Waals surface area contributed by atoms with Crippen molar-refractivity contribution < 1.29 is 64.0 Å². The lowest BCUT2D eigenvalue weighted by molar-refractivity contribution is -0.333. The topological polar surface area (TPSA) is 234 Å². The molecule has 0 radical (unpaired) electrons. The predicted octanol–water partition coefficient (Wildman–Crippen LogP) is -4.61. The Morgan fingerprint density at radius 1 is 0.882 bits per heavy atom. The Bertz CT molecular complexity index is 724. The third-order valence-electron chi connectivity index (χ3n) is 5.47. The maximum absolute atomic E-state index is 11.7. The second-order valence-corrected chi connectivity index (χ2v) is 8.09. The quantitative estimate of drug-likeness (QED) is 0.150. The molecule has 0 saturated carbocycles. The molecule has 2 aliphatic rings. The summed E-state index contributed by atoms with van der Waals surface area (Å²) in [6.07, 6.45) is -13.5. The summed E-state index contributed by atoms with van der Waals surface area (Å²) in [7, 11) is 0. The molecule has 15 heteroatoms. The number of carboxylic acid groups (broad SMARTS) is 1. The molecule has 2 aliphatic heterocycles. The molecule has 2 amide bonds. The molecule has 2 saturated heterocycles. The molecule has 2 rings (SSSR count). The van der Waals surface area contributed by atoms with Gasteiger partial charge in [-0.2, -0.15) is 0 Å². The van der Waals surface area contributed by atoms with E-state index in [0.717, 1.165) is 13.8 Å². The molecule has 11 atom stereocenters. The van der Waals surface area contributed by atoms with Crippen LogP contribution in [0.5, 0.6) is 0 Å². The van der Waals surface area contributed by atoms with E-state index in [-0.39, 0.29) is 0 Å². The fraction of sp³-hybridized carbons (Fsp3) is 0.842. The minimum absolute atomic E-state index is 0.616. The monoisotopic (exact) mass is 496 g/mol. The first-order valence-electron chi connectivity index (χ1n) is 10.6. The highest BCUT2D eigenvalue weighted by Crippen LogP contribution is 2.30. The lowest BCUT2D eigenvalue weighted by atomic mass is 9.94. The normalized spacial score (nSPS) is 39.2. The van der Waals surface area contributed by atoms with Crippen molar-refractivity contribution in [2.75, 3.05) is 13.2 Å². The van der Waals surface area contributed by atoms with Gasteiger partial charge in [-0.25, -0.2) is 4.79 Å². The zero-order valence-corrected chi connectivity index (χ0v) is 18.8. The fourth-order valence-corrected chi connectivity index (χ4v) is 3.82. The van der Waals surface area contributed by atoms with E-state index < -0.39 is 98.4 Å². The zero-order valence-electron chi connectivity index (χ0n) is 18.8. The van der Waals surface area contributed by atoms with Crippen LogP contribution in [-0.2, 0) is 33.3 Å². The van der Waals surface area contributed by atoms with Crippen LogP contribution in [0.2, 0.25) is 0 Å². The second-order valence-electron chi connectivity index (χ2n) is 8.09.